The monoisotopic (exact) mass is 405 g/mol. The molecule has 7 nitrogen and oxygen atoms in total. The van der Waals surface area contributed by atoms with E-state index < -0.39 is 10.0 Å². The topological polar surface area (TPSA) is 80.6 Å². The average Bonchev–Trinajstić information content (AvgIpc) is 3.10. The van der Waals surface area contributed by atoms with E-state index in [0.717, 1.165) is 25.7 Å². The summed E-state index contributed by atoms with van der Waals surface area (Å²) in [6, 6.07) is 8.60. The largest absolute Gasteiger partial charge is 0.494 e. The first-order chi connectivity index (χ1) is 13.4. The van der Waals surface area contributed by atoms with Crippen LogP contribution in [0.3, 0.4) is 0 Å². The number of ether oxygens (including phenoxy) is 1. The van der Waals surface area contributed by atoms with Crippen molar-refractivity contribution in [3.05, 3.63) is 42.2 Å². The Morgan fingerprint density at radius 1 is 1.18 bits per heavy atom. The lowest BCUT2D eigenvalue weighted by atomic mass is 10.2. The molecule has 8 heteroatoms. The summed E-state index contributed by atoms with van der Waals surface area (Å²) in [5.74, 6) is 0.315. The van der Waals surface area contributed by atoms with Crippen LogP contribution in [0.1, 0.15) is 43.1 Å². The fourth-order valence-corrected chi connectivity index (χ4v) is 4.82. The summed E-state index contributed by atoms with van der Waals surface area (Å²) in [5, 5.41) is 2.81. The number of rotatable bonds is 7. The molecule has 0 saturated carbocycles. The third kappa shape index (κ3) is 4.56. The lowest BCUT2D eigenvalue weighted by Gasteiger charge is -2.25. The van der Waals surface area contributed by atoms with Gasteiger partial charge in [-0.25, -0.2) is 8.42 Å². The number of nitrogens with one attached hydrogen (secondary N) is 1. The number of piperidine rings is 1. The second kappa shape index (κ2) is 8.79. The molecule has 2 aromatic rings. The maximum atomic E-state index is 12.8. The number of nitrogens with zero attached hydrogens (tertiary/aromatic N) is 2. The first-order valence-corrected chi connectivity index (χ1v) is 11.1. The van der Waals surface area contributed by atoms with Gasteiger partial charge in [0.2, 0.25) is 10.0 Å². The van der Waals surface area contributed by atoms with Crippen molar-refractivity contribution in [3.8, 4) is 5.75 Å². The summed E-state index contributed by atoms with van der Waals surface area (Å²) in [4.78, 5) is 12.9. The second-order valence-corrected chi connectivity index (χ2v) is 8.91. The number of carbonyl (C=O) groups is 1. The molecule has 1 saturated heterocycles. The fraction of sp³-hybridized carbons (Fsp3) is 0.450. The summed E-state index contributed by atoms with van der Waals surface area (Å²) in [7, 11) is -1.90. The molecule has 3 rings (SSSR count). The van der Waals surface area contributed by atoms with E-state index >= 15 is 0 Å². The molecule has 0 unspecified atom stereocenters. The molecular formula is C20H27N3O4S. The molecule has 1 N–H and O–H groups in total. The van der Waals surface area contributed by atoms with Gasteiger partial charge in [-0.05, 0) is 37.5 Å². The first kappa shape index (κ1) is 20.4. The minimum atomic E-state index is -3.57. The van der Waals surface area contributed by atoms with Crippen LogP contribution < -0.4 is 10.1 Å². The Hall–Kier alpha value is -2.32. The Labute approximate surface area is 166 Å². The lowest BCUT2D eigenvalue weighted by Crippen LogP contribution is -2.35. The summed E-state index contributed by atoms with van der Waals surface area (Å²) in [6.45, 7) is 3.69. The average molecular weight is 406 g/mol. The Kier molecular flexibility index (Phi) is 6.41. The maximum absolute atomic E-state index is 12.8. The van der Waals surface area contributed by atoms with Crippen LogP contribution in [0.15, 0.2) is 41.4 Å². The standard InChI is InChI=1S/C20H27N3O4S/c1-3-12-27-17-9-7-8-16(13-17)21-20(24)19-14-18(15-22(19)2)28(25,26)23-10-5-4-6-11-23/h7-9,13-15H,3-6,10-12H2,1-2H3,(H,21,24). The zero-order chi connectivity index (χ0) is 20.1. The summed E-state index contributed by atoms with van der Waals surface area (Å²) in [5.41, 5.74) is 0.885. The van der Waals surface area contributed by atoms with E-state index in [4.69, 9.17) is 4.74 Å². The molecule has 0 spiro atoms. The molecule has 1 aromatic carbocycles. The minimum Gasteiger partial charge on any atom is -0.494 e. The van der Waals surface area contributed by atoms with Gasteiger partial charge in [-0.3, -0.25) is 4.79 Å². The van der Waals surface area contributed by atoms with E-state index in [1.54, 1.807) is 29.8 Å². The van der Waals surface area contributed by atoms with Gasteiger partial charge in [-0.15, -0.1) is 0 Å². The van der Waals surface area contributed by atoms with Gasteiger partial charge in [0.1, 0.15) is 16.3 Å². The highest BCUT2D eigenvalue weighted by Crippen LogP contribution is 2.23. The van der Waals surface area contributed by atoms with Crippen molar-refractivity contribution in [2.75, 3.05) is 25.0 Å². The first-order valence-electron chi connectivity index (χ1n) is 9.62. The molecule has 1 fully saturated rings. The fourth-order valence-electron chi connectivity index (χ4n) is 3.23. The normalized spacial score (nSPS) is 15.4. The molecule has 152 valence electrons. The second-order valence-electron chi connectivity index (χ2n) is 6.97. The van der Waals surface area contributed by atoms with Gasteiger partial charge < -0.3 is 14.6 Å². The van der Waals surface area contributed by atoms with E-state index in [1.807, 2.05) is 13.0 Å². The number of aromatic nitrogens is 1. The molecule has 1 aromatic heterocycles. The SMILES string of the molecule is CCCOc1cccc(NC(=O)c2cc(S(=O)(=O)N3CCCCC3)cn2C)c1. The zero-order valence-electron chi connectivity index (χ0n) is 16.3. The molecule has 1 aliphatic rings. The van der Waals surface area contributed by atoms with Gasteiger partial charge in [-0.1, -0.05) is 19.4 Å². The predicted octanol–water partition coefficient (Wildman–Crippen LogP) is 3.24. The molecule has 28 heavy (non-hydrogen) atoms. The highest BCUT2D eigenvalue weighted by molar-refractivity contribution is 7.89. The minimum absolute atomic E-state index is 0.155. The number of carbonyl (C=O) groups excluding carboxylic acids is 1. The van der Waals surface area contributed by atoms with Gasteiger partial charge in [0.05, 0.1) is 6.61 Å². The van der Waals surface area contributed by atoms with Gasteiger partial charge in [0, 0.05) is 38.1 Å². The molecule has 0 aliphatic carbocycles. The van der Waals surface area contributed by atoms with Crippen molar-refractivity contribution in [1.29, 1.82) is 0 Å². The summed E-state index contributed by atoms with van der Waals surface area (Å²) >= 11 is 0. The molecule has 0 atom stereocenters. The number of amides is 1. The Bertz CT molecular complexity index is 931. The van der Waals surface area contributed by atoms with Crippen LogP contribution in [0.5, 0.6) is 5.75 Å². The number of benzene rings is 1. The molecular weight excluding hydrogens is 378 g/mol. The van der Waals surface area contributed by atoms with Crippen molar-refractivity contribution < 1.29 is 17.9 Å². The van der Waals surface area contributed by atoms with Gasteiger partial charge in [0.25, 0.3) is 5.91 Å². The van der Waals surface area contributed by atoms with E-state index in [2.05, 4.69) is 5.32 Å². The molecule has 0 radical (unpaired) electrons. The number of hydrogen-bond acceptors (Lipinski definition) is 4. The van der Waals surface area contributed by atoms with Crippen LogP contribution in [0.25, 0.3) is 0 Å². The quantitative estimate of drug-likeness (QED) is 0.767. The third-order valence-electron chi connectivity index (χ3n) is 4.73. The van der Waals surface area contributed by atoms with Crippen molar-refractivity contribution >= 4 is 21.6 Å². The summed E-state index contributed by atoms with van der Waals surface area (Å²) < 4.78 is 34.3. The Balaban J connectivity index is 1.76. The van der Waals surface area contributed by atoms with Crippen LogP contribution in [0, 0.1) is 0 Å². The molecule has 0 bridgehead atoms. The van der Waals surface area contributed by atoms with Gasteiger partial charge >= 0.3 is 0 Å². The van der Waals surface area contributed by atoms with Crippen molar-refractivity contribution in [3.63, 3.8) is 0 Å². The zero-order valence-corrected chi connectivity index (χ0v) is 17.2. The molecule has 2 heterocycles. The van der Waals surface area contributed by atoms with Crippen molar-refractivity contribution in [2.45, 2.75) is 37.5 Å². The highest BCUT2D eigenvalue weighted by Gasteiger charge is 2.28. The molecule has 1 aliphatic heterocycles. The van der Waals surface area contributed by atoms with Crippen molar-refractivity contribution in [1.82, 2.24) is 8.87 Å². The van der Waals surface area contributed by atoms with E-state index in [0.29, 0.717) is 31.1 Å². The van der Waals surface area contributed by atoms with Crippen LogP contribution in [0.2, 0.25) is 0 Å². The van der Waals surface area contributed by atoms with Crippen LogP contribution in [-0.4, -0.2) is 42.9 Å². The molecule has 1 amide bonds. The van der Waals surface area contributed by atoms with Crippen LogP contribution >= 0.6 is 0 Å². The van der Waals surface area contributed by atoms with E-state index in [9.17, 15) is 13.2 Å². The lowest BCUT2D eigenvalue weighted by molar-refractivity contribution is 0.101. The smallest absolute Gasteiger partial charge is 0.272 e. The number of sulfonamides is 1. The highest BCUT2D eigenvalue weighted by atomic mass is 32.2. The predicted molar refractivity (Wildman–Crippen MR) is 108 cm³/mol. The number of anilines is 1. The Morgan fingerprint density at radius 3 is 2.64 bits per heavy atom. The van der Waals surface area contributed by atoms with Gasteiger partial charge in [-0.2, -0.15) is 4.31 Å². The van der Waals surface area contributed by atoms with E-state index in [-0.39, 0.29) is 16.5 Å². The maximum Gasteiger partial charge on any atom is 0.272 e. The Morgan fingerprint density at radius 2 is 1.93 bits per heavy atom. The number of hydrogen-bond donors (Lipinski definition) is 1. The van der Waals surface area contributed by atoms with Crippen molar-refractivity contribution in [2.24, 2.45) is 7.05 Å². The van der Waals surface area contributed by atoms with Crippen LogP contribution in [-0.2, 0) is 17.1 Å². The van der Waals surface area contributed by atoms with Crippen LogP contribution in [0.4, 0.5) is 5.69 Å². The van der Waals surface area contributed by atoms with E-state index in [1.165, 1.54) is 16.6 Å². The number of aryl methyl sites for hydroxylation is 1. The third-order valence-corrected chi connectivity index (χ3v) is 6.59. The summed E-state index contributed by atoms with van der Waals surface area (Å²) in [6.07, 6.45) is 5.19. The van der Waals surface area contributed by atoms with Gasteiger partial charge in [0.15, 0.2) is 0 Å².